The van der Waals surface area contributed by atoms with Gasteiger partial charge in [-0.3, -0.25) is 9.80 Å². The van der Waals surface area contributed by atoms with Crippen molar-refractivity contribution < 1.29 is 13.2 Å². The van der Waals surface area contributed by atoms with E-state index in [0.29, 0.717) is 19.7 Å². The highest BCUT2D eigenvalue weighted by atomic mass is 32.2. The van der Waals surface area contributed by atoms with Crippen LogP contribution in [0.15, 0.2) is 0 Å². The first-order valence-electron chi connectivity index (χ1n) is 8.11. The van der Waals surface area contributed by atoms with Crippen molar-refractivity contribution in [2.75, 3.05) is 58.7 Å². The Hall–Kier alpha value is -0.210. The first kappa shape index (κ1) is 16.6. The third-order valence-electron chi connectivity index (χ3n) is 4.92. The van der Waals surface area contributed by atoms with Crippen LogP contribution >= 0.6 is 0 Å². The number of fused-ring (bicyclic) bond motifs is 2. The molecule has 128 valence electrons. The molecule has 0 aromatic carbocycles. The minimum absolute atomic E-state index is 0.0129. The molecule has 0 aromatic heterocycles. The van der Waals surface area contributed by atoms with Crippen LogP contribution in [0.25, 0.3) is 0 Å². The summed E-state index contributed by atoms with van der Waals surface area (Å²) in [5.41, 5.74) is 0.262. The number of piperazine rings is 1. The SMILES string of the molecule is CC(C)(C)CN1CC2(C1)CN(S(C)(=O)=O)CC1COCCN12. The molecule has 3 aliphatic rings. The summed E-state index contributed by atoms with van der Waals surface area (Å²) in [5, 5.41) is 0. The van der Waals surface area contributed by atoms with Crippen LogP contribution in [0, 0.1) is 5.41 Å². The lowest BCUT2D eigenvalue weighted by Gasteiger charge is -2.63. The second-order valence-corrected chi connectivity index (χ2v) is 10.4. The van der Waals surface area contributed by atoms with Gasteiger partial charge >= 0.3 is 0 Å². The summed E-state index contributed by atoms with van der Waals surface area (Å²) in [6.07, 6.45) is 1.33. The van der Waals surface area contributed by atoms with Gasteiger partial charge in [0.05, 0.1) is 25.0 Å². The number of hydrogen-bond donors (Lipinski definition) is 0. The van der Waals surface area contributed by atoms with E-state index in [4.69, 9.17) is 4.74 Å². The molecule has 6 nitrogen and oxygen atoms in total. The molecule has 7 heteroatoms. The monoisotopic (exact) mass is 331 g/mol. The van der Waals surface area contributed by atoms with Crippen molar-refractivity contribution in [2.45, 2.75) is 32.4 Å². The minimum Gasteiger partial charge on any atom is -0.378 e. The van der Waals surface area contributed by atoms with Gasteiger partial charge in [-0.2, -0.15) is 4.31 Å². The summed E-state index contributed by atoms with van der Waals surface area (Å²) >= 11 is 0. The molecule has 1 unspecified atom stereocenters. The molecular formula is C15H29N3O3S. The van der Waals surface area contributed by atoms with Crippen LogP contribution in [0.5, 0.6) is 0 Å². The molecule has 3 fully saturated rings. The van der Waals surface area contributed by atoms with Gasteiger partial charge in [-0.25, -0.2) is 8.42 Å². The lowest BCUT2D eigenvalue weighted by Crippen LogP contribution is -2.81. The topological polar surface area (TPSA) is 53.1 Å². The molecule has 3 heterocycles. The standard InChI is InChI=1S/C15H29N3O3S/c1-14(2,3)9-16-10-15(11-16)12-17(22(4,19)20)7-13-8-21-6-5-18(13)15/h13H,5-12H2,1-4H3. The highest BCUT2D eigenvalue weighted by Crippen LogP contribution is 2.37. The lowest BCUT2D eigenvalue weighted by atomic mass is 9.81. The third kappa shape index (κ3) is 3.19. The molecular weight excluding hydrogens is 302 g/mol. The summed E-state index contributed by atoms with van der Waals surface area (Å²) in [7, 11) is -3.14. The summed E-state index contributed by atoms with van der Waals surface area (Å²) in [4.78, 5) is 4.98. The van der Waals surface area contributed by atoms with Crippen molar-refractivity contribution in [3.63, 3.8) is 0 Å². The van der Waals surface area contributed by atoms with E-state index in [0.717, 1.165) is 32.8 Å². The van der Waals surface area contributed by atoms with Crippen LogP contribution in [0.1, 0.15) is 20.8 Å². The Labute approximate surface area is 134 Å². The Morgan fingerprint density at radius 1 is 1.23 bits per heavy atom. The van der Waals surface area contributed by atoms with Gasteiger partial charge in [0.1, 0.15) is 0 Å². The van der Waals surface area contributed by atoms with Crippen molar-refractivity contribution >= 4 is 10.0 Å². The molecule has 3 aliphatic heterocycles. The van der Waals surface area contributed by atoms with Crippen LogP contribution in [0.3, 0.4) is 0 Å². The van der Waals surface area contributed by atoms with E-state index in [2.05, 4.69) is 30.6 Å². The van der Waals surface area contributed by atoms with E-state index in [1.165, 1.54) is 6.26 Å². The maximum atomic E-state index is 12.1. The second kappa shape index (κ2) is 5.41. The van der Waals surface area contributed by atoms with Gasteiger partial charge in [0.25, 0.3) is 0 Å². The van der Waals surface area contributed by atoms with Gasteiger partial charge in [-0.15, -0.1) is 0 Å². The molecule has 3 rings (SSSR count). The van der Waals surface area contributed by atoms with E-state index in [1.807, 2.05) is 0 Å². The zero-order valence-corrected chi connectivity index (χ0v) is 15.0. The fraction of sp³-hybridized carbons (Fsp3) is 1.00. The van der Waals surface area contributed by atoms with Crippen LogP contribution < -0.4 is 0 Å². The number of likely N-dealkylation sites (tertiary alicyclic amines) is 1. The molecule has 0 bridgehead atoms. The van der Waals surface area contributed by atoms with Gasteiger partial charge in [0, 0.05) is 45.3 Å². The Kier molecular flexibility index (Phi) is 4.09. The molecule has 0 aromatic rings. The summed E-state index contributed by atoms with van der Waals surface area (Å²) in [5.74, 6) is 0. The predicted octanol–water partition coefficient (Wildman–Crippen LogP) is 0.0629. The molecule has 1 atom stereocenters. The number of rotatable bonds is 2. The molecule has 1 spiro atoms. The molecule has 0 saturated carbocycles. The average Bonchev–Trinajstić information content (AvgIpc) is 2.33. The third-order valence-corrected chi connectivity index (χ3v) is 6.14. The number of ether oxygens (including phenoxy) is 1. The minimum atomic E-state index is -3.14. The van der Waals surface area contributed by atoms with Gasteiger partial charge in [0.2, 0.25) is 10.0 Å². The van der Waals surface area contributed by atoms with Gasteiger partial charge in [0.15, 0.2) is 0 Å². The van der Waals surface area contributed by atoms with E-state index in [9.17, 15) is 8.42 Å². The summed E-state index contributed by atoms with van der Waals surface area (Å²) in [6, 6.07) is 0.203. The first-order chi connectivity index (χ1) is 10.1. The van der Waals surface area contributed by atoms with Crippen molar-refractivity contribution in [1.82, 2.24) is 14.1 Å². The first-order valence-corrected chi connectivity index (χ1v) is 9.96. The Bertz CT molecular complexity index is 523. The van der Waals surface area contributed by atoms with Crippen molar-refractivity contribution in [2.24, 2.45) is 5.41 Å². The highest BCUT2D eigenvalue weighted by Gasteiger charge is 2.55. The Morgan fingerprint density at radius 3 is 2.50 bits per heavy atom. The van der Waals surface area contributed by atoms with Gasteiger partial charge < -0.3 is 4.74 Å². The zero-order chi connectivity index (χ0) is 16.2. The Balaban J connectivity index is 1.76. The maximum absolute atomic E-state index is 12.1. The molecule has 3 saturated heterocycles. The molecule has 0 amide bonds. The molecule has 22 heavy (non-hydrogen) atoms. The predicted molar refractivity (Wildman–Crippen MR) is 86.4 cm³/mol. The van der Waals surface area contributed by atoms with E-state index in [-0.39, 0.29) is 17.0 Å². The number of nitrogens with zero attached hydrogens (tertiary/aromatic N) is 3. The fourth-order valence-corrected chi connectivity index (χ4v) is 5.17. The largest absolute Gasteiger partial charge is 0.378 e. The second-order valence-electron chi connectivity index (χ2n) is 8.41. The van der Waals surface area contributed by atoms with Crippen molar-refractivity contribution in [3.05, 3.63) is 0 Å². The van der Waals surface area contributed by atoms with Crippen LogP contribution in [-0.4, -0.2) is 92.8 Å². The fourth-order valence-electron chi connectivity index (χ4n) is 4.25. The highest BCUT2D eigenvalue weighted by molar-refractivity contribution is 7.88. The lowest BCUT2D eigenvalue weighted by molar-refractivity contribution is -0.156. The van der Waals surface area contributed by atoms with E-state index in [1.54, 1.807) is 4.31 Å². The molecule has 0 N–H and O–H groups in total. The average molecular weight is 331 g/mol. The normalized spacial score (nSPS) is 31.0. The number of sulfonamides is 1. The van der Waals surface area contributed by atoms with Gasteiger partial charge in [-0.05, 0) is 5.41 Å². The zero-order valence-electron chi connectivity index (χ0n) is 14.2. The maximum Gasteiger partial charge on any atom is 0.211 e. The quantitative estimate of drug-likeness (QED) is 0.716. The number of morpholine rings is 1. The Morgan fingerprint density at radius 2 is 1.91 bits per heavy atom. The van der Waals surface area contributed by atoms with Crippen molar-refractivity contribution in [1.29, 1.82) is 0 Å². The number of hydrogen-bond acceptors (Lipinski definition) is 5. The summed E-state index contributed by atoms with van der Waals surface area (Å²) in [6.45, 7) is 13.3. The summed E-state index contributed by atoms with van der Waals surface area (Å²) < 4.78 is 31.4. The molecule has 0 aliphatic carbocycles. The van der Waals surface area contributed by atoms with Gasteiger partial charge in [-0.1, -0.05) is 20.8 Å². The van der Waals surface area contributed by atoms with Crippen LogP contribution in [0.4, 0.5) is 0 Å². The smallest absolute Gasteiger partial charge is 0.211 e. The van der Waals surface area contributed by atoms with E-state index < -0.39 is 10.0 Å². The van der Waals surface area contributed by atoms with E-state index >= 15 is 0 Å². The van der Waals surface area contributed by atoms with Crippen molar-refractivity contribution in [3.8, 4) is 0 Å². The van der Waals surface area contributed by atoms with Crippen LogP contribution in [-0.2, 0) is 14.8 Å². The molecule has 0 radical (unpaired) electrons. The van der Waals surface area contributed by atoms with Crippen LogP contribution in [0.2, 0.25) is 0 Å².